The lowest BCUT2D eigenvalue weighted by Crippen LogP contribution is -2.32. The van der Waals surface area contributed by atoms with Gasteiger partial charge in [0.1, 0.15) is 6.04 Å². The minimum absolute atomic E-state index is 0.0849. The normalized spacial score (nSPS) is 12.8. The summed E-state index contributed by atoms with van der Waals surface area (Å²) in [7, 11) is 0. The molecule has 3 N–H and O–H groups in total. The summed E-state index contributed by atoms with van der Waals surface area (Å²) >= 11 is 11.1. The van der Waals surface area contributed by atoms with Crippen molar-refractivity contribution >= 4 is 29.2 Å². The molecule has 0 aliphatic rings. The molecule has 0 spiro atoms. The van der Waals surface area contributed by atoms with Gasteiger partial charge in [-0.05, 0) is 23.2 Å². The maximum atomic E-state index is 10.4. The van der Waals surface area contributed by atoms with Crippen molar-refractivity contribution in [2.24, 2.45) is 5.73 Å². The molecule has 0 aliphatic heterocycles. The second-order valence-corrected chi connectivity index (χ2v) is 3.21. The molecule has 0 amide bonds. The number of furan rings is 1. The first-order valence-electron chi connectivity index (χ1n) is 3.43. The first-order chi connectivity index (χ1) is 6.00. The van der Waals surface area contributed by atoms with Crippen LogP contribution in [0.5, 0.6) is 0 Å². The van der Waals surface area contributed by atoms with Crippen LogP contribution in [0.25, 0.3) is 0 Å². The number of carboxylic acids is 1. The summed E-state index contributed by atoms with van der Waals surface area (Å²) in [4.78, 5) is 10.4. The van der Waals surface area contributed by atoms with Crippen LogP contribution >= 0.6 is 23.2 Å². The van der Waals surface area contributed by atoms with Crippen LogP contribution in [0.4, 0.5) is 0 Å². The Kier molecular flexibility index (Phi) is 3.19. The van der Waals surface area contributed by atoms with Gasteiger partial charge < -0.3 is 15.3 Å². The van der Waals surface area contributed by atoms with Crippen LogP contribution in [0.3, 0.4) is 0 Å². The first kappa shape index (κ1) is 10.4. The van der Waals surface area contributed by atoms with E-state index in [0.717, 1.165) is 0 Å². The Morgan fingerprint density at radius 3 is 2.69 bits per heavy atom. The standard InChI is InChI=1S/C7H7Cl2NO3/c8-5-2-3(6(9)13-5)1-4(10)7(11)12/h2,4H,1,10H2,(H,11,12). The number of hydrogen-bond donors (Lipinski definition) is 2. The highest BCUT2D eigenvalue weighted by molar-refractivity contribution is 6.32. The van der Waals surface area contributed by atoms with E-state index in [1.807, 2.05) is 0 Å². The van der Waals surface area contributed by atoms with Gasteiger partial charge in [0.05, 0.1) is 0 Å². The predicted octanol–water partition coefficient (Wildman–Crippen LogP) is 1.54. The van der Waals surface area contributed by atoms with E-state index in [2.05, 4.69) is 0 Å². The fourth-order valence-electron chi connectivity index (χ4n) is 0.838. The molecule has 0 aliphatic carbocycles. The number of carboxylic acid groups (broad SMARTS) is 1. The lowest BCUT2D eigenvalue weighted by molar-refractivity contribution is -0.138. The summed E-state index contributed by atoms with van der Waals surface area (Å²) in [5.74, 6) is -1.09. The third kappa shape index (κ3) is 2.62. The highest BCUT2D eigenvalue weighted by Gasteiger charge is 2.16. The minimum Gasteiger partial charge on any atom is -0.480 e. The van der Waals surface area contributed by atoms with Crippen molar-refractivity contribution < 1.29 is 14.3 Å². The van der Waals surface area contributed by atoms with Gasteiger partial charge in [0.25, 0.3) is 0 Å². The molecule has 1 heterocycles. The van der Waals surface area contributed by atoms with Crippen molar-refractivity contribution in [3.63, 3.8) is 0 Å². The van der Waals surface area contributed by atoms with Crippen LogP contribution in [-0.4, -0.2) is 17.1 Å². The topological polar surface area (TPSA) is 76.5 Å². The smallest absolute Gasteiger partial charge is 0.320 e. The molecular formula is C7H7Cl2NO3. The van der Waals surface area contributed by atoms with Crippen LogP contribution in [0, 0.1) is 0 Å². The molecule has 0 saturated carbocycles. The molecule has 1 unspecified atom stereocenters. The van der Waals surface area contributed by atoms with Gasteiger partial charge in [0, 0.05) is 18.1 Å². The SMILES string of the molecule is NC(Cc1cc(Cl)oc1Cl)C(=O)O. The molecule has 72 valence electrons. The summed E-state index contributed by atoms with van der Waals surface area (Å²) in [5.41, 5.74) is 5.79. The molecule has 0 aromatic carbocycles. The summed E-state index contributed by atoms with van der Waals surface area (Å²) in [6.07, 6.45) is 0.102. The maximum Gasteiger partial charge on any atom is 0.320 e. The Morgan fingerprint density at radius 1 is 1.69 bits per heavy atom. The van der Waals surface area contributed by atoms with Crippen LogP contribution in [0.1, 0.15) is 5.56 Å². The average Bonchev–Trinajstić information content (AvgIpc) is 2.30. The highest BCUT2D eigenvalue weighted by Crippen LogP contribution is 2.25. The second-order valence-electron chi connectivity index (χ2n) is 2.50. The Bertz CT molecular complexity index is 324. The van der Waals surface area contributed by atoms with Gasteiger partial charge in [-0.2, -0.15) is 0 Å². The molecule has 1 atom stereocenters. The van der Waals surface area contributed by atoms with E-state index in [4.69, 9.17) is 38.5 Å². The Morgan fingerprint density at radius 2 is 2.31 bits per heavy atom. The first-order valence-corrected chi connectivity index (χ1v) is 4.18. The zero-order chi connectivity index (χ0) is 10.0. The summed E-state index contributed by atoms with van der Waals surface area (Å²) < 4.78 is 4.78. The van der Waals surface area contributed by atoms with E-state index in [0.29, 0.717) is 5.56 Å². The van der Waals surface area contributed by atoms with Gasteiger partial charge in [0.15, 0.2) is 10.4 Å². The molecule has 1 aromatic rings. The lowest BCUT2D eigenvalue weighted by atomic mass is 10.1. The number of carbonyl (C=O) groups is 1. The fraction of sp³-hybridized carbons (Fsp3) is 0.286. The molecule has 13 heavy (non-hydrogen) atoms. The fourth-order valence-corrected chi connectivity index (χ4v) is 1.30. The van der Waals surface area contributed by atoms with E-state index in [-0.39, 0.29) is 16.9 Å². The predicted molar refractivity (Wildman–Crippen MR) is 48.0 cm³/mol. The van der Waals surface area contributed by atoms with Crippen molar-refractivity contribution in [3.05, 3.63) is 22.1 Å². The molecule has 1 aromatic heterocycles. The van der Waals surface area contributed by atoms with E-state index in [1.165, 1.54) is 6.07 Å². The minimum atomic E-state index is -1.09. The van der Waals surface area contributed by atoms with Crippen LogP contribution in [0.15, 0.2) is 10.5 Å². The third-order valence-electron chi connectivity index (χ3n) is 1.48. The zero-order valence-electron chi connectivity index (χ0n) is 6.46. The number of nitrogens with two attached hydrogens (primary N) is 1. The number of aliphatic carboxylic acids is 1. The molecular weight excluding hydrogens is 217 g/mol. The molecule has 0 saturated heterocycles. The summed E-state index contributed by atoms with van der Waals surface area (Å²) in [5, 5.41) is 8.72. The van der Waals surface area contributed by atoms with Crippen LogP contribution in [-0.2, 0) is 11.2 Å². The molecule has 0 bridgehead atoms. The molecule has 0 fully saturated rings. The molecule has 6 heteroatoms. The van der Waals surface area contributed by atoms with E-state index in [9.17, 15) is 4.79 Å². The molecule has 0 radical (unpaired) electrons. The van der Waals surface area contributed by atoms with Gasteiger partial charge in [0.2, 0.25) is 0 Å². The van der Waals surface area contributed by atoms with Crippen molar-refractivity contribution in [1.82, 2.24) is 0 Å². The summed E-state index contributed by atoms with van der Waals surface area (Å²) in [6, 6.07) is 0.457. The van der Waals surface area contributed by atoms with Gasteiger partial charge in [-0.1, -0.05) is 0 Å². The van der Waals surface area contributed by atoms with Gasteiger partial charge >= 0.3 is 5.97 Å². The maximum absolute atomic E-state index is 10.4. The Labute approximate surface area is 84.2 Å². The van der Waals surface area contributed by atoms with E-state index >= 15 is 0 Å². The Balaban J connectivity index is 2.74. The third-order valence-corrected chi connectivity index (χ3v) is 1.99. The van der Waals surface area contributed by atoms with E-state index in [1.54, 1.807) is 0 Å². The number of halogens is 2. The zero-order valence-corrected chi connectivity index (χ0v) is 7.97. The van der Waals surface area contributed by atoms with Crippen molar-refractivity contribution in [2.45, 2.75) is 12.5 Å². The monoisotopic (exact) mass is 223 g/mol. The molecule has 1 rings (SSSR count). The van der Waals surface area contributed by atoms with Crippen molar-refractivity contribution in [3.8, 4) is 0 Å². The summed E-state index contributed by atoms with van der Waals surface area (Å²) in [6.45, 7) is 0. The second kappa shape index (κ2) is 4.00. The van der Waals surface area contributed by atoms with Gasteiger partial charge in [-0.15, -0.1) is 0 Å². The van der Waals surface area contributed by atoms with Crippen molar-refractivity contribution in [1.29, 1.82) is 0 Å². The molecule has 4 nitrogen and oxygen atoms in total. The van der Waals surface area contributed by atoms with Crippen molar-refractivity contribution in [2.75, 3.05) is 0 Å². The van der Waals surface area contributed by atoms with Gasteiger partial charge in [-0.25, -0.2) is 0 Å². The largest absolute Gasteiger partial charge is 0.480 e. The lowest BCUT2D eigenvalue weighted by Gasteiger charge is -2.02. The quantitative estimate of drug-likeness (QED) is 0.816. The number of hydrogen-bond acceptors (Lipinski definition) is 3. The average molecular weight is 224 g/mol. The van der Waals surface area contributed by atoms with Crippen LogP contribution < -0.4 is 5.73 Å². The van der Waals surface area contributed by atoms with Crippen LogP contribution in [0.2, 0.25) is 10.4 Å². The Hall–Kier alpha value is -0.710. The van der Waals surface area contributed by atoms with Gasteiger partial charge in [-0.3, -0.25) is 4.79 Å². The number of rotatable bonds is 3. The van der Waals surface area contributed by atoms with E-state index < -0.39 is 12.0 Å². The highest BCUT2D eigenvalue weighted by atomic mass is 35.5.